The number of rotatable bonds is 4. The number of carbonyl (C=O) groups is 1. The Morgan fingerprint density at radius 2 is 2.45 bits per heavy atom. The molecule has 1 aliphatic rings. The minimum absolute atomic E-state index is 0.0526. The van der Waals surface area contributed by atoms with Gasteiger partial charge in [0.15, 0.2) is 0 Å². The van der Waals surface area contributed by atoms with Gasteiger partial charge in [-0.2, -0.15) is 0 Å². The van der Waals surface area contributed by atoms with Gasteiger partial charge in [0.25, 0.3) is 11.6 Å². The third kappa shape index (κ3) is 3.02. The van der Waals surface area contributed by atoms with Crippen LogP contribution in [0.25, 0.3) is 0 Å². The Morgan fingerprint density at radius 3 is 3.05 bits per heavy atom. The van der Waals surface area contributed by atoms with Gasteiger partial charge in [-0.1, -0.05) is 0 Å². The number of nitrogens with two attached hydrogens (primary N) is 1. The summed E-state index contributed by atoms with van der Waals surface area (Å²) in [5.74, 6) is -0.412. The number of aromatic nitrogens is 1. The number of pyridine rings is 1. The van der Waals surface area contributed by atoms with Crippen molar-refractivity contribution in [3.05, 3.63) is 27.9 Å². The van der Waals surface area contributed by atoms with Gasteiger partial charge in [0, 0.05) is 12.6 Å². The first-order valence-corrected chi connectivity index (χ1v) is 6.37. The molecule has 20 heavy (non-hydrogen) atoms. The smallest absolute Gasteiger partial charge is 0.300 e. The zero-order valence-corrected chi connectivity index (χ0v) is 11.2. The predicted molar refractivity (Wildman–Crippen MR) is 73.3 cm³/mol. The Labute approximate surface area is 116 Å². The van der Waals surface area contributed by atoms with Crippen molar-refractivity contribution in [1.29, 1.82) is 0 Å². The monoisotopic (exact) mass is 279 g/mol. The highest BCUT2D eigenvalue weighted by Crippen LogP contribution is 2.19. The Balaban J connectivity index is 2.08. The highest BCUT2D eigenvalue weighted by molar-refractivity contribution is 5.98. The van der Waals surface area contributed by atoms with Gasteiger partial charge in [0.05, 0.1) is 4.92 Å². The standard InChI is InChI=1S/C12H17N5O3/c1-16-4-2-3-8(16)6-15-12(18)9-5-11(13)14-7-10(9)17(19)20/h5,7-8H,2-4,6H2,1H3,(H2,13,14)(H,15,18). The minimum Gasteiger partial charge on any atom is -0.384 e. The van der Waals surface area contributed by atoms with Crippen molar-refractivity contribution in [2.45, 2.75) is 18.9 Å². The van der Waals surface area contributed by atoms with E-state index in [0.29, 0.717) is 6.54 Å². The molecule has 1 saturated heterocycles. The lowest BCUT2D eigenvalue weighted by molar-refractivity contribution is -0.385. The van der Waals surface area contributed by atoms with Crippen LogP contribution in [0.1, 0.15) is 23.2 Å². The number of anilines is 1. The molecule has 3 N–H and O–H groups in total. The van der Waals surface area contributed by atoms with Crippen LogP contribution >= 0.6 is 0 Å². The second-order valence-electron chi connectivity index (χ2n) is 4.87. The number of nitrogens with one attached hydrogen (secondary N) is 1. The van der Waals surface area contributed by atoms with Gasteiger partial charge in [-0.15, -0.1) is 0 Å². The van der Waals surface area contributed by atoms with Crippen molar-refractivity contribution >= 4 is 17.4 Å². The molecule has 1 amide bonds. The van der Waals surface area contributed by atoms with Crippen LogP contribution in [0, 0.1) is 10.1 Å². The fourth-order valence-corrected chi connectivity index (χ4v) is 2.33. The van der Waals surface area contributed by atoms with Gasteiger partial charge < -0.3 is 16.0 Å². The van der Waals surface area contributed by atoms with E-state index < -0.39 is 10.8 Å². The summed E-state index contributed by atoms with van der Waals surface area (Å²) >= 11 is 0. The fourth-order valence-electron chi connectivity index (χ4n) is 2.33. The maximum absolute atomic E-state index is 12.1. The summed E-state index contributed by atoms with van der Waals surface area (Å²) in [5, 5.41) is 13.6. The molecule has 1 aliphatic heterocycles. The SMILES string of the molecule is CN1CCCC1CNC(=O)c1cc(N)ncc1[N+](=O)[O-]. The van der Waals surface area contributed by atoms with Crippen molar-refractivity contribution < 1.29 is 9.72 Å². The highest BCUT2D eigenvalue weighted by Gasteiger charge is 2.24. The van der Waals surface area contributed by atoms with E-state index in [1.54, 1.807) is 0 Å². The minimum atomic E-state index is -0.636. The maximum Gasteiger partial charge on any atom is 0.300 e. The zero-order chi connectivity index (χ0) is 14.7. The van der Waals surface area contributed by atoms with Gasteiger partial charge in [-0.05, 0) is 32.5 Å². The van der Waals surface area contributed by atoms with E-state index in [0.717, 1.165) is 25.6 Å². The summed E-state index contributed by atoms with van der Waals surface area (Å²) in [5.41, 5.74) is 5.09. The van der Waals surface area contributed by atoms with Crippen LogP contribution in [-0.2, 0) is 0 Å². The van der Waals surface area contributed by atoms with Crippen LogP contribution in [0.4, 0.5) is 11.5 Å². The molecule has 1 aromatic rings. The molecule has 0 bridgehead atoms. The Bertz CT molecular complexity index is 534. The van der Waals surface area contributed by atoms with Crippen LogP contribution in [0.2, 0.25) is 0 Å². The molecule has 0 saturated carbocycles. The summed E-state index contributed by atoms with van der Waals surface area (Å²) in [6.07, 6.45) is 3.11. The largest absolute Gasteiger partial charge is 0.384 e. The number of amides is 1. The zero-order valence-electron chi connectivity index (χ0n) is 11.2. The molecular weight excluding hydrogens is 262 g/mol. The summed E-state index contributed by atoms with van der Waals surface area (Å²) < 4.78 is 0. The van der Waals surface area contributed by atoms with Crippen LogP contribution in [-0.4, -0.2) is 46.9 Å². The van der Waals surface area contributed by atoms with Crippen molar-refractivity contribution in [3.8, 4) is 0 Å². The van der Waals surface area contributed by atoms with Gasteiger partial charge in [0.2, 0.25) is 0 Å². The normalized spacial score (nSPS) is 18.9. The summed E-state index contributed by atoms with van der Waals surface area (Å²) in [4.78, 5) is 28.1. The fraction of sp³-hybridized carbons (Fsp3) is 0.500. The lowest BCUT2D eigenvalue weighted by atomic mass is 10.2. The lowest BCUT2D eigenvalue weighted by Crippen LogP contribution is -2.38. The topological polar surface area (TPSA) is 114 Å². The number of carbonyl (C=O) groups excluding carboxylic acids is 1. The van der Waals surface area contributed by atoms with Gasteiger partial charge >= 0.3 is 0 Å². The molecule has 8 nitrogen and oxygen atoms in total. The third-order valence-corrected chi connectivity index (χ3v) is 3.52. The molecule has 0 radical (unpaired) electrons. The van der Waals surface area contributed by atoms with Crippen LogP contribution in [0.3, 0.4) is 0 Å². The number of likely N-dealkylation sites (tertiary alicyclic amines) is 1. The van der Waals surface area contributed by atoms with E-state index in [9.17, 15) is 14.9 Å². The Hall–Kier alpha value is -2.22. The molecule has 108 valence electrons. The maximum atomic E-state index is 12.1. The second kappa shape index (κ2) is 5.83. The van der Waals surface area contributed by atoms with Crippen molar-refractivity contribution in [2.75, 3.05) is 25.9 Å². The highest BCUT2D eigenvalue weighted by atomic mass is 16.6. The van der Waals surface area contributed by atoms with E-state index in [2.05, 4.69) is 15.2 Å². The van der Waals surface area contributed by atoms with Crippen LogP contribution < -0.4 is 11.1 Å². The number of nitro groups is 1. The van der Waals surface area contributed by atoms with Crippen molar-refractivity contribution in [2.24, 2.45) is 0 Å². The molecule has 1 fully saturated rings. The van der Waals surface area contributed by atoms with Crippen molar-refractivity contribution in [3.63, 3.8) is 0 Å². The predicted octanol–water partition coefficient (Wildman–Crippen LogP) is 0.396. The van der Waals surface area contributed by atoms with Crippen LogP contribution in [0.5, 0.6) is 0 Å². The number of hydrogen-bond donors (Lipinski definition) is 2. The molecular formula is C12H17N5O3. The molecule has 1 atom stereocenters. The third-order valence-electron chi connectivity index (χ3n) is 3.52. The van der Waals surface area contributed by atoms with E-state index in [1.807, 2.05) is 7.05 Å². The molecule has 2 heterocycles. The molecule has 0 aromatic carbocycles. The van der Waals surface area contributed by atoms with Crippen LogP contribution in [0.15, 0.2) is 12.3 Å². The average Bonchev–Trinajstić information content (AvgIpc) is 2.81. The second-order valence-corrected chi connectivity index (χ2v) is 4.87. The first-order valence-electron chi connectivity index (χ1n) is 6.37. The van der Waals surface area contributed by atoms with E-state index >= 15 is 0 Å². The summed E-state index contributed by atoms with van der Waals surface area (Å²) in [7, 11) is 2.00. The van der Waals surface area contributed by atoms with E-state index in [-0.39, 0.29) is 23.1 Å². The molecule has 2 rings (SSSR count). The van der Waals surface area contributed by atoms with Gasteiger partial charge in [0.1, 0.15) is 17.6 Å². The molecule has 1 unspecified atom stereocenters. The molecule has 0 spiro atoms. The number of nitrogen functional groups attached to an aromatic ring is 1. The number of nitrogens with zero attached hydrogens (tertiary/aromatic N) is 3. The average molecular weight is 279 g/mol. The summed E-state index contributed by atoms with van der Waals surface area (Å²) in [6, 6.07) is 1.50. The molecule has 8 heteroatoms. The quantitative estimate of drug-likeness (QED) is 0.609. The van der Waals surface area contributed by atoms with E-state index in [1.165, 1.54) is 6.07 Å². The first-order chi connectivity index (χ1) is 9.49. The number of likely N-dealkylation sites (N-methyl/N-ethyl adjacent to an activating group) is 1. The number of hydrogen-bond acceptors (Lipinski definition) is 6. The Kier molecular flexibility index (Phi) is 4.14. The van der Waals surface area contributed by atoms with Crippen molar-refractivity contribution in [1.82, 2.24) is 15.2 Å². The van der Waals surface area contributed by atoms with Gasteiger partial charge in [-0.3, -0.25) is 14.9 Å². The first kappa shape index (κ1) is 14.2. The molecule has 0 aliphatic carbocycles. The lowest BCUT2D eigenvalue weighted by Gasteiger charge is -2.19. The van der Waals surface area contributed by atoms with Gasteiger partial charge in [-0.25, -0.2) is 4.98 Å². The Morgan fingerprint density at radius 1 is 1.70 bits per heavy atom. The summed E-state index contributed by atoms with van der Waals surface area (Å²) in [6.45, 7) is 1.47. The van der Waals surface area contributed by atoms with E-state index in [4.69, 9.17) is 5.73 Å². The molecule has 1 aromatic heterocycles.